The minimum Gasteiger partial charge on any atom is -0.378 e. The first-order chi connectivity index (χ1) is 13.1. The second kappa shape index (κ2) is 9.28. The van der Waals surface area contributed by atoms with Crippen molar-refractivity contribution in [1.29, 1.82) is 0 Å². The summed E-state index contributed by atoms with van der Waals surface area (Å²) in [6, 6.07) is 5.03. The molecule has 0 radical (unpaired) electrons. The van der Waals surface area contributed by atoms with Gasteiger partial charge in [0.25, 0.3) is 11.5 Å². The minimum atomic E-state index is -0.159. The lowest BCUT2D eigenvalue weighted by atomic mass is 9.98. The van der Waals surface area contributed by atoms with Crippen LogP contribution in [0.25, 0.3) is 10.9 Å². The fraction of sp³-hybridized carbons (Fsp3) is 0.550. The first-order valence-corrected chi connectivity index (χ1v) is 10.2. The van der Waals surface area contributed by atoms with Crippen molar-refractivity contribution < 1.29 is 9.53 Å². The average molecular weight is 390 g/mol. The van der Waals surface area contributed by atoms with Gasteiger partial charge in [-0.2, -0.15) is 0 Å². The van der Waals surface area contributed by atoms with Gasteiger partial charge in [-0.1, -0.05) is 19.3 Å². The van der Waals surface area contributed by atoms with Crippen molar-refractivity contribution in [2.75, 3.05) is 13.2 Å². The fourth-order valence-electron chi connectivity index (χ4n) is 3.54. The summed E-state index contributed by atoms with van der Waals surface area (Å²) in [4.78, 5) is 27.8. The Hall–Kier alpha value is -1.99. The number of amides is 1. The number of benzene rings is 1. The Bertz CT molecular complexity index is 913. The van der Waals surface area contributed by atoms with E-state index in [9.17, 15) is 9.59 Å². The summed E-state index contributed by atoms with van der Waals surface area (Å²) in [6.07, 6.45) is 7.34. The van der Waals surface area contributed by atoms with E-state index in [-0.39, 0.29) is 11.5 Å². The molecule has 1 saturated carbocycles. The van der Waals surface area contributed by atoms with Gasteiger partial charge < -0.3 is 15.0 Å². The quantitative estimate of drug-likeness (QED) is 0.561. The summed E-state index contributed by atoms with van der Waals surface area (Å²) in [5.41, 5.74) is 0.959. The van der Waals surface area contributed by atoms with E-state index in [0.29, 0.717) is 47.0 Å². The van der Waals surface area contributed by atoms with E-state index in [0.717, 1.165) is 19.3 Å². The van der Waals surface area contributed by atoms with Crippen molar-refractivity contribution >= 4 is 29.0 Å². The predicted molar refractivity (Wildman–Crippen MR) is 109 cm³/mol. The van der Waals surface area contributed by atoms with Gasteiger partial charge in [0.15, 0.2) is 4.77 Å². The number of aromatic nitrogens is 2. The third kappa shape index (κ3) is 4.84. The first-order valence-electron chi connectivity index (χ1n) is 9.77. The van der Waals surface area contributed by atoms with Gasteiger partial charge in [-0.25, -0.2) is 0 Å². The maximum atomic E-state index is 12.4. The van der Waals surface area contributed by atoms with Crippen LogP contribution in [0.4, 0.5) is 0 Å². The van der Waals surface area contributed by atoms with Gasteiger partial charge in [-0.15, -0.1) is 0 Å². The molecule has 0 saturated heterocycles. The van der Waals surface area contributed by atoms with Crippen molar-refractivity contribution in [3.05, 3.63) is 38.9 Å². The monoisotopic (exact) mass is 389 g/mol. The lowest BCUT2D eigenvalue weighted by molar-refractivity contribution is 0.0273. The largest absolute Gasteiger partial charge is 0.378 e. The molecule has 1 aliphatic rings. The summed E-state index contributed by atoms with van der Waals surface area (Å²) in [6.45, 7) is 3.62. The molecule has 0 unspecified atom stereocenters. The van der Waals surface area contributed by atoms with Crippen LogP contribution in [-0.2, 0) is 11.3 Å². The molecule has 1 aromatic carbocycles. The number of carbonyl (C=O) groups excluding carboxylic acids is 1. The molecule has 3 rings (SSSR count). The lowest BCUT2D eigenvalue weighted by Gasteiger charge is -2.21. The van der Waals surface area contributed by atoms with Crippen LogP contribution in [0, 0.1) is 4.77 Å². The van der Waals surface area contributed by atoms with Crippen LogP contribution in [0.2, 0.25) is 0 Å². The highest BCUT2D eigenvalue weighted by Gasteiger charge is 2.13. The number of hydrogen-bond donors (Lipinski definition) is 2. The number of rotatable bonds is 7. The highest BCUT2D eigenvalue weighted by Crippen LogP contribution is 2.20. The number of H-pyrrole nitrogens is 1. The Balaban J connectivity index is 1.56. The number of aromatic amines is 1. The number of ether oxygens (including phenoxy) is 1. The molecule has 1 fully saturated rings. The molecule has 1 amide bonds. The average Bonchev–Trinajstić information content (AvgIpc) is 2.68. The lowest BCUT2D eigenvalue weighted by Crippen LogP contribution is -2.26. The molecule has 0 atom stereocenters. The highest BCUT2D eigenvalue weighted by atomic mass is 32.1. The molecule has 27 heavy (non-hydrogen) atoms. The summed E-state index contributed by atoms with van der Waals surface area (Å²) < 4.78 is 7.74. The normalized spacial score (nSPS) is 15.1. The second-order valence-corrected chi connectivity index (χ2v) is 7.37. The van der Waals surface area contributed by atoms with Crippen molar-refractivity contribution in [2.24, 2.45) is 0 Å². The molecule has 0 aliphatic heterocycles. The molecule has 1 aromatic heterocycles. The van der Waals surface area contributed by atoms with Gasteiger partial charge >= 0.3 is 0 Å². The molecule has 7 heteroatoms. The number of nitrogens with one attached hydrogen (secondary N) is 2. The standard InChI is InChI=1S/C20H27N3O3S/c1-2-23-19(25)16-10-9-14(13-17(16)22-20(23)27)18(24)21-11-6-12-26-15-7-4-3-5-8-15/h9-10,13,15H,2-8,11-12H2,1H3,(H,21,24)(H,22,27). The number of nitrogens with zero attached hydrogens (tertiary/aromatic N) is 1. The van der Waals surface area contributed by atoms with Crippen LogP contribution in [0.15, 0.2) is 23.0 Å². The SMILES string of the molecule is CCn1c(=S)[nH]c2cc(C(=O)NCCCOC3CCCCC3)ccc2c1=O. The van der Waals surface area contributed by atoms with Crippen LogP contribution >= 0.6 is 12.2 Å². The van der Waals surface area contributed by atoms with Crippen molar-refractivity contribution in [1.82, 2.24) is 14.9 Å². The molecule has 2 aromatic rings. The maximum absolute atomic E-state index is 12.4. The number of fused-ring (bicyclic) bond motifs is 1. The van der Waals surface area contributed by atoms with Gasteiger partial charge in [0.2, 0.25) is 0 Å². The van der Waals surface area contributed by atoms with Gasteiger partial charge in [0.05, 0.1) is 17.0 Å². The number of hydrogen-bond acceptors (Lipinski definition) is 4. The van der Waals surface area contributed by atoms with E-state index in [1.54, 1.807) is 18.2 Å². The van der Waals surface area contributed by atoms with Gasteiger partial charge in [-0.05, 0) is 56.6 Å². The first kappa shape index (κ1) is 19.8. The highest BCUT2D eigenvalue weighted by molar-refractivity contribution is 7.71. The Kier molecular flexibility index (Phi) is 6.79. The van der Waals surface area contributed by atoms with Gasteiger partial charge in [0, 0.05) is 25.3 Å². The van der Waals surface area contributed by atoms with E-state index in [2.05, 4.69) is 10.3 Å². The van der Waals surface area contributed by atoms with E-state index in [4.69, 9.17) is 17.0 Å². The van der Waals surface area contributed by atoms with E-state index in [1.807, 2.05) is 6.92 Å². The molecule has 146 valence electrons. The molecule has 0 bridgehead atoms. The smallest absolute Gasteiger partial charge is 0.262 e. The Morgan fingerprint density at radius 1 is 1.33 bits per heavy atom. The van der Waals surface area contributed by atoms with Crippen LogP contribution in [0.5, 0.6) is 0 Å². The fourth-order valence-corrected chi connectivity index (χ4v) is 3.86. The van der Waals surface area contributed by atoms with Crippen molar-refractivity contribution in [3.8, 4) is 0 Å². The third-order valence-corrected chi connectivity index (χ3v) is 5.40. The molecule has 1 heterocycles. The zero-order chi connectivity index (χ0) is 19.2. The molecule has 6 nitrogen and oxygen atoms in total. The molecule has 2 N–H and O–H groups in total. The summed E-state index contributed by atoms with van der Waals surface area (Å²) >= 11 is 5.22. The van der Waals surface area contributed by atoms with Crippen molar-refractivity contribution in [2.45, 2.75) is 58.1 Å². The van der Waals surface area contributed by atoms with E-state index < -0.39 is 0 Å². The summed E-state index contributed by atoms with van der Waals surface area (Å²) in [7, 11) is 0. The topological polar surface area (TPSA) is 76.1 Å². The zero-order valence-electron chi connectivity index (χ0n) is 15.8. The molecular weight excluding hydrogens is 362 g/mol. The van der Waals surface area contributed by atoms with E-state index >= 15 is 0 Å². The number of carbonyl (C=O) groups is 1. The Labute approximate surface area is 163 Å². The maximum Gasteiger partial charge on any atom is 0.262 e. The Morgan fingerprint density at radius 3 is 2.85 bits per heavy atom. The minimum absolute atomic E-state index is 0.136. The summed E-state index contributed by atoms with van der Waals surface area (Å²) in [5.74, 6) is -0.159. The van der Waals surface area contributed by atoms with E-state index in [1.165, 1.54) is 23.8 Å². The third-order valence-electron chi connectivity index (χ3n) is 5.07. The molecule has 1 aliphatic carbocycles. The molecular formula is C20H27N3O3S. The molecule has 0 spiro atoms. The van der Waals surface area contributed by atoms with Crippen LogP contribution in [0.3, 0.4) is 0 Å². The summed E-state index contributed by atoms with van der Waals surface area (Å²) in [5, 5.41) is 3.44. The zero-order valence-corrected chi connectivity index (χ0v) is 16.6. The predicted octanol–water partition coefficient (Wildman–Crippen LogP) is 3.55. The second-order valence-electron chi connectivity index (χ2n) is 6.98. The van der Waals surface area contributed by atoms with Crippen molar-refractivity contribution in [3.63, 3.8) is 0 Å². The van der Waals surface area contributed by atoms with Crippen LogP contribution in [0.1, 0.15) is 55.8 Å². The van der Waals surface area contributed by atoms with Gasteiger partial charge in [0.1, 0.15) is 0 Å². The van der Waals surface area contributed by atoms with Crippen LogP contribution < -0.4 is 10.9 Å². The Morgan fingerprint density at radius 2 is 2.11 bits per heavy atom. The van der Waals surface area contributed by atoms with Crippen LogP contribution in [-0.4, -0.2) is 34.7 Å². The van der Waals surface area contributed by atoms with Gasteiger partial charge in [-0.3, -0.25) is 14.2 Å².